The van der Waals surface area contributed by atoms with Crippen LogP contribution in [-0.2, 0) is 4.79 Å². The first-order valence-corrected chi connectivity index (χ1v) is 6.29. The summed E-state index contributed by atoms with van der Waals surface area (Å²) >= 11 is 6.26. The van der Waals surface area contributed by atoms with Crippen LogP contribution in [0.3, 0.4) is 0 Å². The third-order valence-corrected chi connectivity index (χ3v) is 3.27. The number of carbonyl (C=O) groups is 1. The second-order valence-corrected chi connectivity index (χ2v) is 4.46. The summed E-state index contributed by atoms with van der Waals surface area (Å²) in [5.41, 5.74) is 1.58. The smallest absolute Gasteiger partial charge is 0.152 e. The number of methoxy groups -OCH3 is 1. The molecule has 2 aromatic rings. The molecule has 0 radical (unpaired) electrons. The van der Waals surface area contributed by atoms with Crippen molar-refractivity contribution >= 4 is 28.5 Å². The number of hydrogen-bond donors (Lipinski definition) is 0. The van der Waals surface area contributed by atoms with Crippen molar-refractivity contribution in [3.05, 3.63) is 65.5 Å². The molecule has 0 heterocycles. The number of benzene rings is 2. The summed E-state index contributed by atoms with van der Waals surface area (Å²) in [6, 6.07) is 12.6. The Morgan fingerprint density at radius 1 is 1.05 bits per heavy atom. The molecule has 0 bridgehead atoms. The van der Waals surface area contributed by atoms with Crippen LogP contribution in [0.5, 0.6) is 5.75 Å². The summed E-state index contributed by atoms with van der Waals surface area (Å²) in [7, 11) is 1.57. The lowest BCUT2D eigenvalue weighted by Crippen LogP contribution is -1.91. The van der Waals surface area contributed by atoms with Crippen molar-refractivity contribution in [3.8, 4) is 5.75 Å². The van der Waals surface area contributed by atoms with Crippen LogP contribution >= 0.6 is 11.6 Å². The maximum absolute atomic E-state index is 12.9. The zero-order chi connectivity index (χ0) is 14.5. The Labute approximate surface area is 121 Å². The van der Waals surface area contributed by atoms with Crippen LogP contribution in [0.25, 0.3) is 10.6 Å². The second kappa shape index (κ2) is 6.35. The largest absolute Gasteiger partial charge is 0.497 e. The summed E-state index contributed by atoms with van der Waals surface area (Å²) in [6.45, 7) is 0. The van der Waals surface area contributed by atoms with Crippen LogP contribution in [0, 0.1) is 5.82 Å². The van der Waals surface area contributed by atoms with E-state index in [4.69, 9.17) is 16.3 Å². The molecule has 0 unspecified atom stereocenters. The Morgan fingerprint density at radius 2 is 1.60 bits per heavy atom. The zero-order valence-electron chi connectivity index (χ0n) is 10.8. The van der Waals surface area contributed by atoms with Gasteiger partial charge in [-0.05, 0) is 47.5 Å². The highest BCUT2D eigenvalue weighted by atomic mass is 35.5. The van der Waals surface area contributed by atoms with Gasteiger partial charge in [0.2, 0.25) is 0 Å². The summed E-state index contributed by atoms with van der Waals surface area (Å²) in [5.74, 6) is 0.340. The van der Waals surface area contributed by atoms with Crippen LogP contribution in [0.15, 0.2) is 48.5 Å². The number of halogens is 2. The predicted molar refractivity (Wildman–Crippen MR) is 78.1 cm³/mol. The Hall–Kier alpha value is -2.13. The fourth-order valence-electron chi connectivity index (χ4n) is 1.77. The number of carbonyl (C=O) groups excluding carboxylic acids is 1. The van der Waals surface area contributed by atoms with E-state index in [1.807, 2.05) is 0 Å². The maximum atomic E-state index is 12.9. The predicted octanol–water partition coefficient (Wildman–Crippen LogP) is 4.14. The highest BCUT2D eigenvalue weighted by Gasteiger charge is 2.09. The topological polar surface area (TPSA) is 26.3 Å². The van der Waals surface area contributed by atoms with Crippen molar-refractivity contribution in [1.29, 1.82) is 0 Å². The Kier molecular flexibility index (Phi) is 4.53. The minimum absolute atomic E-state index is 0.314. The number of ether oxygens (including phenoxy) is 1. The normalized spacial score (nSPS) is 11.8. The zero-order valence-corrected chi connectivity index (χ0v) is 11.5. The van der Waals surface area contributed by atoms with Gasteiger partial charge in [-0.2, -0.15) is 0 Å². The molecule has 2 aromatic carbocycles. The van der Waals surface area contributed by atoms with Gasteiger partial charge in [0.05, 0.1) is 12.1 Å². The highest BCUT2D eigenvalue weighted by Crippen LogP contribution is 2.29. The van der Waals surface area contributed by atoms with Gasteiger partial charge in [0.25, 0.3) is 0 Å². The lowest BCUT2D eigenvalue weighted by Gasteiger charge is -2.07. The maximum Gasteiger partial charge on any atom is 0.152 e. The number of rotatable bonds is 4. The van der Waals surface area contributed by atoms with Crippen molar-refractivity contribution in [1.82, 2.24) is 0 Å². The summed E-state index contributed by atoms with van der Waals surface area (Å²) in [4.78, 5) is 11.3. The van der Waals surface area contributed by atoms with Gasteiger partial charge in [-0.15, -0.1) is 0 Å². The van der Waals surface area contributed by atoms with Crippen LogP contribution in [0.4, 0.5) is 4.39 Å². The number of allylic oxidation sites excluding steroid dienone is 1. The molecule has 0 atom stereocenters. The first-order valence-electron chi connectivity index (χ1n) is 5.91. The van der Waals surface area contributed by atoms with Crippen molar-refractivity contribution in [3.63, 3.8) is 0 Å². The Balaban J connectivity index is 2.45. The average Bonchev–Trinajstić information content (AvgIpc) is 2.50. The van der Waals surface area contributed by atoms with E-state index in [1.54, 1.807) is 31.4 Å². The molecule has 2 rings (SSSR count). The molecule has 0 aliphatic carbocycles. The lowest BCUT2D eigenvalue weighted by molar-refractivity contribution is -0.103. The molecule has 0 saturated carbocycles. The number of hydrogen-bond acceptors (Lipinski definition) is 2. The lowest BCUT2D eigenvalue weighted by atomic mass is 10.0. The van der Waals surface area contributed by atoms with Crippen molar-refractivity contribution in [2.24, 2.45) is 0 Å². The first-order chi connectivity index (χ1) is 9.65. The second-order valence-electron chi connectivity index (χ2n) is 4.08. The molecule has 0 aromatic heterocycles. The van der Waals surface area contributed by atoms with E-state index in [1.165, 1.54) is 24.3 Å². The van der Waals surface area contributed by atoms with Gasteiger partial charge in [-0.25, -0.2) is 4.39 Å². The van der Waals surface area contributed by atoms with E-state index < -0.39 is 0 Å². The third kappa shape index (κ3) is 3.06. The number of aldehydes is 1. The molecule has 0 amide bonds. The first kappa shape index (κ1) is 14.3. The molecule has 0 saturated heterocycles. The van der Waals surface area contributed by atoms with E-state index in [-0.39, 0.29) is 5.82 Å². The SMILES string of the molecule is COc1ccc(C(Cl)=C(C=O)c2ccc(F)cc2)cc1. The van der Waals surface area contributed by atoms with Crippen LogP contribution in [-0.4, -0.2) is 13.4 Å². The van der Waals surface area contributed by atoms with E-state index in [0.717, 1.165) is 0 Å². The molecular weight excluding hydrogens is 279 g/mol. The van der Waals surface area contributed by atoms with E-state index in [0.29, 0.717) is 33.8 Å². The van der Waals surface area contributed by atoms with E-state index >= 15 is 0 Å². The molecule has 2 nitrogen and oxygen atoms in total. The van der Waals surface area contributed by atoms with Crippen molar-refractivity contribution < 1.29 is 13.9 Å². The highest BCUT2D eigenvalue weighted by molar-refractivity contribution is 6.55. The van der Waals surface area contributed by atoms with Crippen LogP contribution in [0.1, 0.15) is 11.1 Å². The standard InChI is InChI=1S/C16H12ClFO2/c1-20-14-8-4-12(5-9-14)16(17)15(10-19)11-2-6-13(18)7-3-11/h2-10H,1H3. The minimum atomic E-state index is -0.362. The average molecular weight is 291 g/mol. The minimum Gasteiger partial charge on any atom is -0.497 e. The summed E-state index contributed by atoms with van der Waals surface area (Å²) in [5, 5.41) is 0.314. The third-order valence-electron chi connectivity index (χ3n) is 2.85. The van der Waals surface area contributed by atoms with Gasteiger partial charge in [0, 0.05) is 5.57 Å². The quantitative estimate of drug-likeness (QED) is 0.480. The van der Waals surface area contributed by atoms with Gasteiger partial charge < -0.3 is 4.74 Å². The molecule has 0 N–H and O–H groups in total. The van der Waals surface area contributed by atoms with Crippen molar-refractivity contribution in [2.45, 2.75) is 0 Å². The Bertz CT molecular complexity index is 631. The fourth-order valence-corrected chi connectivity index (χ4v) is 2.05. The molecule has 0 aliphatic heterocycles. The molecule has 20 heavy (non-hydrogen) atoms. The van der Waals surface area contributed by atoms with Gasteiger partial charge in [0.15, 0.2) is 6.29 Å². The summed E-state index contributed by atoms with van der Waals surface area (Å²) < 4.78 is 18.0. The molecule has 102 valence electrons. The molecule has 0 spiro atoms. The molecule has 0 fully saturated rings. The van der Waals surface area contributed by atoms with Gasteiger partial charge in [-0.1, -0.05) is 23.7 Å². The van der Waals surface area contributed by atoms with Gasteiger partial charge in [0.1, 0.15) is 11.6 Å². The van der Waals surface area contributed by atoms with Gasteiger partial charge in [-0.3, -0.25) is 4.79 Å². The van der Waals surface area contributed by atoms with E-state index in [2.05, 4.69) is 0 Å². The molecular formula is C16H12ClFO2. The van der Waals surface area contributed by atoms with Crippen molar-refractivity contribution in [2.75, 3.05) is 7.11 Å². The molecule has 4 heteroatoms. The monoisotopic (exact) mass is 290 g/mol. The fraction of sp³-hybridized carbons (Fsp3) is 0.0625. The summed E-state index contributed by atoms with van der Waals surface area (Å²) in [6.07, 6.45) is 0.666. The van der Waals surface area contributed by atoms with Crippen LogP contribution in [0.2, 0.25) is 0 Å². The van der Waals surface area contributed by atoms with E-state index in [9.17, 15) is 9.18 Å². The Morgan fingerprint density at radius 3 is 2.10 bits per heavy atom. The van der Waals surface area contributed by atoms with Gasteiger partial charge >= 0.3 is 0 Å². The van der Waals surface area contributed by atoms with Crippen LogP contribution < -0.4 is 4.74 Å². The molecule has 0 aliphatic rings.